The quantitative estimate of drug-likeness (QED) is 0.788. The second kappa shape index (κ2) is 6.57. The fourth-order valence-corrected chi connectivity index (χ4v) is 2.10. The summed E-state index contributed by atoms with van der Waals surface area (Å²) in [5, 5.41) is 22.8. The maximum atomic E-state index is 9.82. The molecule has 0 saturated heterocycles. The van der Waals surface area contributed by atoms with E-state index in [1.807, 2.05) is 30.3 Å². The first kappa shape index (κ1) is 13.9. The van der Waals surface area contributed by atoms with Crippen molar-refractivity contribution in [3.8, 4) is 5.75 Å². The van der Waals surface area contributed by atoms with Crippen molar-refractivity contribution in [1.29, 1.82) is 0 Å². The highest BCUT2D eigenvalue weighted by Gasteiger charge is 2.11. The Hall–Kier alpha value is -1.55. The van der Waals surface area contributed by atoms with E-state index in [-0.39, 0.29) is 18.4 Å². The van der Waals surface area contributed by atoms with Crippen molar-refractivity contribution in [1.82, 2.24) is 5.32 Å². The van der Waals surface area contributed by atoms with Gasteiger partial charge in [-0.25, -0.2) is 0 Å². The van der Waals surface area contributed by atoms with Gasteiger partial charge in [-0.15, -0.1) is 0 Å². The van der Waals surface area contributed by atoms with Crippen LogP contribution in [0, 0.1) is 0 Å². The van der Waals surface area contributed by atoms with Crippen LogP contribution in [0.5, 0.6) is 5.75 Å². The van der Waals surface area contributed by atoms with E-state index >= 15 is 0 Å². The van der Waals surface area contributed by atoms with Gasteiger partial charge in [-0.3, -0.25) is 0 Å². The SMILES string of the molecule is OCC(NCc1cccc(Cl)c1O)c1ccccc1. The topological polar surface area (TPSA) is 52.5 Å². The highest BCUT2D eigenvalue weighted by Crippen LogP contribution is 2.27. The van der Waals surface area contributed by atoms with Crippen LogP contribution in [0.15, 0.2) is 48.5 Å². The summed E-state index contributed by atoms with van der Waals surface area (Å²) in [5.74, 6) is 0.0846. The Morgan fingerprint density at radius 1 is 1.05 bits per heavy atom. The second-order valence-electron chi connectivity index (χ2n) is 4.27. The first-order valence-corrected chi connectivity index (χ1v) is 6.45. The zero-order chi connectivity index (χ0) is 13.7. The van der Waals surface area contributed by atoms with E-state index in [2.05, 4.69) is 5.32 Å². The van der Waals surface area contributed by atoms with Crippen LogP contribution in [0.4, 0.5) is 0 Å². The van der Waals surface area contributed by atoms with Crippen molar-refractivity contribution in [2.45, 2.75) is 12.6 Å². The molecule has 1 unspecified atom stereocenters. The molecule has 3 N–H and O–H groups in total. The van der Waals surface area contributed by atoms with Crippen LogP contribution >= 0.6 is 11.6 Å². The summed E-state index contributed by atoms with van der Waals surface area (Å²) in [6.45, 7) is 0.428. The molecule has 0 aliphatic rings. The van der Waals surface area contributed by atoms with E-state index in [9.17, 15) is 10.2 Å². The number of nitrogens with one attached hydrogen (secondary N) is 1. The lowest BCUT2D eigenvalue weighted by atomic mass is 10.1. The van der Waals surface area contributed by atoms with Crippen LogP contribution in [0.1, 0.15) is 17.2 Å². The molecule has 2 aromatic rings. The van der Waals surface area contributed by atoms with E-state index in [1.54, 1.807) is 18.2 Å². The molecule has 0 aromatic heterocycles. The lowest BCUT2D eigenvalue weighted by Crippen LogP contribution is -2.23. The number of phenolic OH excluding ortho intramolecular Hbond substituents is 1. The molecule has 19 heavy (non-hydrogen) atoms. The largest absolute Gasteiger partial charge is 0.506 e. The molecular weight excluding hydrogens is 262 g/mol. The minimum atomic E-state index is -0.167. The summed E-state index contributed by atoms with van der Waals surface area (Å²) in [7, 11) is 0. The summed E-state index contributed by atoms with van der Waals surface area (Å²) < 4.78 is 0. The highest BCUT2D eigenvalue weighted by molar-refractivity contribution is 6.32. The number of phenols is 1. The van der Waals surface area contributed by atoms with Gasteiger partial charge in [-0.1, -0.05) is 54.1 Å². The predicted octanol–water partition coefficient (Wildman–Crippen LogP) is 2.87. The number of aliphatic hydroxyl groups excluding tert-OH is 1. The van der Waals surface area contributed by atoms with Gasteiger partial charge in [-0.05, 0) is 11.6 Å². The summed E-state index contributed by atoms with van der Waals surface area (Å²) >= 11 is 5.85. The summed E-state index contributed by atoms with van der Waals surface area (Å²) in [4.78, 5) is 0. The molecule has 0 heterocycles. The molecule has 0 saturated carbocycles. The van der Waals surface area contributed by atoms with Crippen LogP contribution in [-0.2, 0) is 6.54 Å². The van der Waals surface area contributed by atoms with E-state index in [0.717, 1.165) is 5.56 Å². The van der Waals surface area contributed by atoms with Crippen LogP contribution < -0.4 is 5.32 Å². The lowest BCUT2D eigenvalue weighted by Gasteiger charge is -2.17. The fourth-order valence-electron chi connectivity index (χ4n) is 1.91. The van der Waals surface area contributed by atoms with Gasteiger partial charge in [0.05, 0.1) is 17.7 Å². The van der Waals surface area contributed by atoms with Crippen molar-refractivity contribution < 1.29 is 10.2 Å². The molecule has 0 radical (unpaired) electrons. The van der Waals surface area contributed by atoms with Crippen LogP contribution in [0.2, 0.25) is 5.02 Å². The van der Waals surface area contributed by atoms with Crippen molar-refractivity contribution in [3.63, 3.8) is 0 Å². The molecule has 0 bridgehead atoms. The van der Waals surface area contributed by atoms with Crippen molar-refractivity contribution in [2.24, 2.45) is 0 Å². The molecule has 2 rings (SSSR count). The molecule has 1 atom stereocenters. The molecule has 4 heteroatoms. The van der Waals surface area contributed by atoms with Gasteiger partial charge in [-0.2, -0.15) is 0 Å². The first-order valence-electron chi connectivity index (χ1n) is 6.08. The fraction of sp³-hybridized carbons (Fsp3) is 0.200. The van der Waals surface area contributed by atoms with E-state index in [4.69, 9.17) is 11.6 Å². The molecule has 0 spiro atoms. The molecule has 2 aromatic carbocycles. The first-order chi connectivity index (χ1) is 9.22. The Labute approximate surface area is 117 Å². The Balaban J connectivity index is 2.06. The number of hydrogen-bond acceptors (Lipinski definition) is 3. The molecule has 100 valence electrons. The third-order valence-corrected chi connectivity index (χ3v) is 3.30. The monoisotopic (exact) mass is 277 g/mol. The number of benzene rings is 2. The molecule has 0 aliphatic carbocycles. The molecule has 0 fully saturated rings. The van der Waals surface area contributed by atoms with Gasteiger partial charge in [0.15, 0.2) is 0 Å². The Morgan fingerprint density at radius 2 is 1.79 bits per heavy atom. The van der Waals surface area contributed by atoms with Crippen molar-refractivity contribution in [2.75, 3.05) is 6.61 Å². The Morgan fingerprint density at radius 3 is 2.47 bits per heavy atom. The lowest BCUT2D eigenvalue weighted by molar-refractivity contribution is 0.243. The minimum Gasteiger partial charge on any atom is -0.506 e. The molecule has 0 aliphatic heterocycles. The van der Waals surface area contributed by atoms with Gasteiger partial charge < -0.3 is 15.5 Å². The third kappa shape index (κ3) is 3.47. The molecular formula is C15H16ClNO2. The maximum absolute atomic E-state index is 9.82. The van der Waals surface area contributed by atoms with Gasteiger partial charge in [0, 0.05) is 12.1 Å². The van der Waals surface area contributed by atoms with Crippen LogP contribution in [0.3, 0.4) is 0 Å². The molecule has 0 amide bonds. The predicted molar refractivity (Wildman–Crippen MR) is 76.2 cm³/mol. The zero-order valence-electron chi connectivity index (χ0n) is 10.4. The Bertz CT molecular complexity index is 531. The highest BCUT2D eigenvalue weighted by atomic mass is 35.5. The van der Waals surface area contributed by atoms with Gasteiger partial charge >= 0.3 is 0 Å². The van der Waals surface area contributed by atoms with E-state index < -0.39 is 0 Å². The number of hydrogen-bond donors (Lipinski definition) is 3. The minimum absolute atomic E-state index is 0.00859. The third-order valence-electron chi connectivity index (χ3n) is 2.99. The van der Waals surface area contributed by atoms with Crippen molar-refractivity contribution in [3.05, 3.63) is 64.7 Å². The average molecular weight is 278 g/mol. The Kier molecular flexibility index (Phi) is 4.80. The number of rotatable bonds is 5. The number of aromatic hydroxyl groups is 1. The molecule has 3 nitrogen and oxygen atoms in total. The van der Waals surface area contributed by atoms with Gasteiger partial charge in [0.2, 0.25) is 0 Å². The smallest absolute Gasteiger partial charge is 0.138 e. The van der Waals surface area contributed by atoms with Crippen molar-refractivity contribution >= 4 is 11.6 Å². The number of halogens is 1. The van der Waals surface area contributed by atoms with Crippen LogP contribution in [-0.4, -0.2) is 16.8 Å². The second-order valence-corrected chi connectivity index (χ2v) is 4.68. The van der Waals surface area contributed by atoms with Gasteiger partial charge in [0.1, 0.15) is 5.75 Å². The zero-order valence-corrected chi connectivity index (χ0v) is 11.1. The summed E-state index contributed by atoms with van der Waals surface area (Å²) in [5.41, 5.74) is 1.72. The van der Waals surface area contributed by atoms with E-state index in [1.165, 1.54) is 0 Å². The average Bonchev–Trinajstić information content (AvgIpc) is 2.45. The van der Waals surface area contributed by atoms with Crippen LogP contribution in [0.25, 0.3) is 0 Å². The van der Waals surface area contributed by atoms with Gasteiger partial charge in [0.25, 0.3) is 0 Å². The standard InChI is InChI=1S/C15H16ClNO2/c16-13-8-4-7-12(15(13)19)9-17-14(10-18)11-5-2-1-3-6-11/h1-8,14,17-19H,9-10H2. The summed E-state index contributed by atoms with van der Waals surface area (Å²) in [6.07, 6.45) is 0. The number of aliphatic hydroxyl groups is 1. The normalized spacial score (nSPS) is 12.3. The number of para-hydroxylation sites is 1. The summed E-state index contributed by atoms with van der Waals surface area (Å²) in [6, 6.07) is 14.7. The van der Waals surface area contributed by atoms with E-state index in [0.29, 0.717) is 17.1 Å². The maximum Gasteiger partial charge on any atom is 0.138 e.